The molecule has 1 fully saturated rings. The van der Waals surface area contributed by atoms with E-state index in [0.29, 0.717) is 49.5 Å². The molecule has 0 bridgehead atoms. The lowest BCUT2D eigenvalue weighted by molar-refractivity contribution is -0.126. The summed E-state index contributed by atoms with van der Waals surface area (Å²) in [5.74, 6) is 0.390. The minimum absolute atomic E-state index is 0.0577. The number of methoxy groups -OCH3 is 1. The van der Waals surface area contributed by atoms with E-state index in [0.717, 1.165) is 34.6 Å². The molecule has 45 heavy (non-hydrogen) atoms. The molecule has 1 saturated heterocycles. The lowest BCUT2D eigenvalue weighted by Crippen LogP contribution is -2.52. The normalized spacial score (nSPS) is 16.6. The maximum absolute atomic E-state index is 13.8. The van der Waals surface area contributed by atoms with E-state index in [1.807, 2.05) is 45.0 Å². The summed E-state index contributed by atoms with van der Waals surface area (Å²) in [5.41, 5.74) is 3.02. The van der Waals surface area contributed by atoms with Crippen molar-refractivity contribution in [1.82, 2.24) is 36.4 Å². The molecule has 2 aromatic heterocycles. The van der Waals surface area contributed by atoms with Crippen molar-refractivity contribution in [2.24, 2.45) is 17.8 Å². The Hall–Kier alpha value is -4.02. The molecular weight excluding hydrogens is 592 g/mol. The van der Waals surface area contributed by atoms with Crippen LogP contribution in [0.2, 0.25) is 0 Å². The maximum atomic E-state index is 13.8. The van der Waals surface area contributed by atoms with Crippen molar-refractivity contribution >= 4 is 40.4 Å². The standard InChI is InChI=1S/C32H44N8O4S/c1-19(2)12-27(38-32(43)28-15-24-25(36-28)6-5-7-29(24)44-4)31(42)37-26(14-21-8-9-35-30(21)41)22(16-33)18-45-11-10-34-17-23-13-20(3)39-40-23/h5-7,13,15,19,21-22,26-27,34,36H,8-12,14,17-18H2,1-4H3,(H,35,41)(H,37,42)(H,38,43)(H,39,40)/t21-,22?,26-,27-/m0/s1. The van der Waals surface area contributed by atoms with E-state index in [4.69, 9.17) is 4.74 Å². The average molecular weight is 637 g/mol. The number of hydrogen-bond donors (Lipinski definition) is 6. The molecule has 4 atom stereocenters. The Morgan fingerprint density at radius 3 is 2.73 bits per heavy atom. The first-order valence-corrected chi connectivity index (χ1v) is 16.6. The summed E-state index contributed by atoms with van der Waals surface area (Å²) in [6, 6.07) is 10.2. The van der Waals surface area contributed by atoms with Gasteiger partial charge >= 0.3 is 0 Å². The Balaban J connectivity index is 1.41. The van der Waals surface area contributed by atoms with Crippen molar-refractivity contribution in [2.45, 2.75) is 58.7 Å². The Kier molecular flexibility index (Phi) is 12.3. The highest BCUT2D eigenvalue weighted by molar-refractivity contribution is 7.99. The van der Waals surface area contributed by atoms with Crippen LogP contribution in [-0.4, -0.2) is 76.7 Å². The first kappa shape index (κ1) is 33.9. The number of nitriles is 1. The number of aromatic nitrogens is 3. The molecule has 1 aliphatic rings. The molecule has 3 aromatic rings. The summed E-state index contributed by atoms with van der Waals surface area (Å²) in [7, 11) is 1.57. The molecule has 12 nitrogen and oxygen atoms in total. The summed E-state index contributed by atoms with van der Waals surface area (Å²) in [6.45, 7) is 7.89. The van der Waals surface area contributed by atoms with Gasteiger partial charge in [0.05, 0.1) is 24.8 Å². The molecule has 0 saturated carbocycles. The molecule has 13 heteroatoms. The fraction of sp³-hybridized carbons (Fsp3) is 0.531. The number of carbonyl (C=O) groups is 3. The zero-order valence-corrected chi connectivity index (χ0v) is 27.2. The summed E-state index contributed by atoms with van der Waals surface area (Å²) < 4.78 is 5.42. The number of rotatable bonds is 17. The van der Waals surface area contributed by atoms with Crippen LogP contribution in [-0.2, 0) is 16.1 Å². The molecule has 3 heterocycles. The SMILES string of the molecule is COc1cccc2[nH]c(C(=O)N[C@@H](CC(C)C)C(=O)N[C@@H](C[C@@H]3CCNC3=O)C(C#N)CSCCNCc3cc(C)[nH]n3)cc12. The fourth-order valence-electron chi connectivity index (χ4n) is 5.53. The van der Waals surface area contributed by atoms with Crippen LogP contribution < -0.4 is 26.0 Å². The van der Waals surface area contributed by atoms with Gasteiger partial charge in [-0.25, -0.2) is 0 Å². The van der Waals surface area contributed by atoms with Gasteiger partial charge in [-0.3, -0.25) is 19.5 Å². The number of ether oxygens (including phenoxy) is 1. The molecule has 1 aliphatic heterocycles. The second-order valence-electron chi connectivity index (χ2n) is 11.9. The fourth-order valence-corrected chi connectivity index (χ4v) is 6.55. The zero-order chi connectivity index (χ0) is 32.3. The van der Waals surface area contributed by atoms with Gasteiger partial charge in [0.15, 0.2) is 0 Å². The summed E-state index contributed by atoms with van der Waals surface area (Å²) in [5, 5.41) is 30.3. The minimum Gasteiger partial charge on any atom is -0.496 e. The van der Waals surface area contributed by atoms with E-state index in [2.05, 4.69) is 42.5 Å². The summed E-state index contributed by atoms with van der Waals surface area (Å²) in [6.07, 6.45) is 1.42. The molecule has 0 radical (unpaired) electrons. The molecule has 0 aliphatic carbocycles. The van der Waals surface area contributed by atoms with E-state index >= 15 is 0 Å². The second kappa shape index (κ2) is 16.3. The number of benzene rings is 1. The highest BCUT2D eigenvalue weighted by Gasteiger charge is 2.34. The first-order valence-electron chi connectivity index (χ1n) is 15.4. The third kappa shape index (κ3) is 9.48. The number of carbonyl (C=O) groups excluding carboxylic acids is 3. The summed E-state index contributed by atoms with van der Waals surface area (Å²) >= 11 is 1.62. The lowest BCUT2D eigenvalue weighted by Gasteiger charge is -2.28. The molecule has 4 rings (SSSR count). The topological polar surface area (TPSA) is 177 Å². The van der Waals surface area contributed by atoms with Crippen LogP contribution in [0.5, 0.6) is 5.75 Å². The van der Waals surface area contributed by atoms with E-state index in [-0.39, 0.29) is 23.7 Å². The molecule has 0 spiro atoms. The number of H-pyrrole nitrogens is 2. The van der Waals surface area contributed by atoms with Crippen LogP contribution in [0.3, 0.4) is 0 Å². The van der Waals surface area contributed by atoms with Crippen LogP contribution in [0.25, 0.3) is 10.9 Å². The van der Waals surface area contributed by atoms with E-state index in [1.54, 1.807) is 24.9 Å². The number of fused-ring (bicyclic) bond motifs is 1. The predicted octanol–water partition coefficient (Wildman–Crippen LogP) is 3.03. The quantitative estimate of drug-likeness (QED) is 0.123. The van der Waals surface area contributed by atoms with E-state index in [1.165, 1.54) is 0 Å². The van der Waals surface area contributed by atoms with Crippen molar-refractivity contribution in [3.63, 3.8) is 0 Å². The zero-order valence-electron chi connectivity index (χ0n) is 26.4. The first-order chi connectivity index (χ1) is 21.7. The molecule has 1 aromatic carbocycles. The van der Waals surface area contributed by atoms with Gasteiger partial charge in [0.2, 0.25) is 11.8 Å². The van der Waals surface area contributed by atoms with Crippen LogP contribution in [0.15, 0.2) is 30.3 Å². The van der Waals surface area contributed by atoms with Gasteiger partial charge in [0.1, 0.15) is 17.5 Å². The van der Waals surface area contributed by atoms with Gasteiger partial charge in [-0.2, -0.15) is 22.1 Å². The number of aromatic amines is 2. The number of nitrogens with one attached hydrogen (secondary N) is 6. The average Bonchev–Trinajstić information content (AvgIpc) is 3.75. The number of hydrogen-bond acceptors (Lipinski definition) is 8. The van der Waals surface area contributed by atoms with Gasteiger partial charge < -0.3 is 31.0 Å². The van der Waals surface area contributed by atoms with Gasteiger partial charge in [-0.15, -0.1) is 0 Å². The Labute approximate surface area is 268 Å². The highest BCUT2D eigenvalue weighted by atomic mass is 32.2. The van der Waals surface area contributed by atoms with Crippen molar-refractivity contribution in [2.75, 3.05) is 31.7 Å². The minimum atomic E-state index is -0.826. The monoisotopic (exact) mass is 636 g/mol. The van der Waals surface area contributed by atoms with Crippen LogP contribution in [0.4, 0.5) is 0 Å². The second-order valence-corrected chi connectivity index (χ2v) is 13.1. The number of amides is 3. The number of aryl methyl sites for hydroxylation is 1. The van der Waals surface area contributed by atoms with E-state index < -0.39 is 23.9 Å². The van der Waals surface area contributed by atoms with E-state index in [9.17, 15) is 19.6 Å². The lowest BCUT2D eigenvalue weighted by atomic mass is 9.90. The van der Waals surface area contributed by atoms with Crippen LogP contribution in [0.1, 0.15) is 55.0 Å². The smallest absolute Gasteiger partial charge is 0.268 e. The Morgan fingerprint density at radius 1 is 1.24 bits per heavy atom. The van der Waals surface area contributed by atoms with Gasteiger partial charge in [-0.1, -0.05) is 19.9 Å². The Morgan fingerprint density at radius 2 is 2.07 bits per heavy atom. The largest absolute Gasteiger partial charge is 0.496 e. The van der Waals surface area contributed by atoms with Crippen LogP contribution >= 0.6 is 11.8 Å². The maximum Gasteiger partial charge on any atom is 0.268 e. The van der Waals surface area contributed by atoms with Crippen molar-refractivity contribution in [3.8, 4) is 11.8 Å². The van der Waals surface area contributed by atoms with Crippen molar-refractivity contribution < 1.29 is 19.1 Å². The summed E-state index contributed by atoms with van der Waals surface area (Å²) in [4.78, 5) is 42.7. The number of nitrogens with zero attached hydrogens (tertiary/aromatic N) is 2. The molecule has 242 valence electrons. The predicted molar refractivity (Wildman–Crippen MR) is 175 cm³/mol. The third-order valence-electron chi connectivity index (χ3n) is 7.88. The molecule has 3 amide bonds. The van der Waals surface area contributed by atoms with Crippen molar-refractivity contribution in [1.29, 1.82) is 5.26 Å². The molecular formula is C32H44N8O4S. The van der Waals surface area contributed by atoms with Gasteiger partial charge in [0.25, 0.3) is 5.91 Å². The van der Waals surface area contributed by atoms with Gasteiger partial charge in [0, 0.05) is 59.7 Å². The third-order valence-corrected chi connectivity index (χ3v) is 8.97. The van der Waals surface area contributed by atoms with Crippen LogP contribution in [0, 0.1) is 36.0 Å². The highest BCUT2D eigenvalue weighted by Crippen LogP contribution is 2.26. The van der Waals surface area contributed by atoms with Gasteiger partial charge in [-0.05, 0) is 56.4 Å². The Bertz CT molecular complexity index is 1500. The molecule has 6 N–H and O–H groups in total. The van der Waals surface area contributed by atoms with Crippen molar-refractivity contribution in [3.05, 3.63) is 47.4 Å². The molecule has 1 unspecified atom stereocenters. The number of thioether (sulfide) groups is 1.